The SMILES string of the molecule is C[C@@H]1CCCN(S(=O)(=O)NCc2ccc(F)cc2)C1. The third-order valence-corrected chi connectivity index (χ3v) is 4.85. The smallest absolute Gasteiger partial charge is 0.207 e. The molecule has 0 amide bonds. The van der Waals surface area contributed by atoms with Gasteiger partial charge in [0.25, 0.3) is 10.2 Å². The molecule has 19 heavy (non-hydrogen) atoms. The molecule has 1 aliphatic rings. The summed E-state index contributed by atoms with van der Waals surface area (Å²) in [6.45, 7) is 3.39. The zero-order valence-corrected chi connectivity index (χ0v) is 11.8. The fourth-order valence-electron chi connectivity index (χ4n) is 2.23. The largest absolute Gasteiger partial charge is 0.279 e. The van der Waals surface area contributed by atoms with Crippen LogP contribution in [0.4, 0.5) is 4.39 Å². The molecule has 0 radical (unpaired) electrons. The van der Waals surface area contributed by atoms with E-state index in [1.165, 1.54) is 16.4 Å². The highest BCUT2D eigenvalue weighted by Gasteiger charge is 2.26. The normalized spacial score (nSPS) is 21.5. The van der Waals surface area contributed by atoms with Crippen LogP contribution < -0.4 is 4.72 Å². The van der Waals surface area contributed by atoms with Crippen LogP contribution in [0.25, 0.3) is 0 Å². The summed E-state index contributed by atoms with van der Waals surface area (Å²) in [5.74, 6) is 0.0765. The number of nitrogens with zero attached hydrogens (tertiary/aromatic N) is 1. The Balaban J connectivity index is 1.95. The van der Waals surface area contributed by atoms with E-state index in [0.29, 0.717) is 19.0 Å². The summed E-state index contributed by atoms with van der Waals surface area (Å²) in [6, 6.07) is 5.81. The van der Waals surface area contributed by atoms with Gasteiger partial charge in [0.2, 0.25) is 0 Å². The lowest BCUT2D eigenvalue weighted by atomic mass is 10.0. The molecule has 0 aromatic heterocycles. The molecule has 0 unspecified atom stereocenters. The first-order valence-corrected chi connectivity index (χ1v) is 7.90. The van der Waals surface area contributed by atoms with Crippen LogP contribution >= 0.6 is 0 Å². The van der Waals surface area contributed by atoms with Crippen LogP contribution in [0.3, 0.4) is 0 Å². The summed E-state index contributed by atoms with van der Waals surface area (Å²) in [6.07, 6.45) is 1.97. The van der Waals surface area contributed by atoms with Gasteiger partial charge in [-0.25, -0.2) is 4.39 Å². The number of nitrogens with one attached hydrogen (secondary N) is 1. The number of hydrogen-bond donors (Lipinski definition) is 1. The molecule has 1 saturated heterocycles. The predicted octanol–water partition coefficient (Wildman–Crippen LogP) is 1.89. The van der Waals surface area contributed by atoms with E-state index >= 15 is 0 Å². The fourth-order valence-corrected chi connectivity index (χ4v) is 3.58. The molecule has 1 aromatic rings. The van der Waals surface area contributed by atoms with Gasteiger partial charge < -0.3 is 0 Å². The first kappa shape index (κ1) is 14.4. The van der Waals surface area contributed by atoms with Crippen molar-refractivity contribution in [3.63, 3.8) is 0 Å². The molecule has 0 aliphatic carbocycles. The maximum atomic E-state index is 12.7. The van der Waals surface area contributed by atoms with E-state index in [1.54, 1.807) is 12.1 Å². The molecule has 4 nitrogen and oxygen atoms in total. The van der Waals surface area contributed by atoms with Gasteiger partial charge in [0.15, 0.2) is 0 Å². The van der Waals surface area contributed by atoms with E-state index < -0.39 is 10.2 Å². The number of benzene rings is 1. The quantitative estimate of drug-likeness (QED) is 0.919. The van der Waals surface area contributed by atoms with Gasteiger partial charge in [-0.05, 0) is 36.5 Å². The van der Waals surface area contributed by atoms with Crippen molar-refractivity contribution in [2.24, 2.45) is 5.92 Å². The summed E-state index contributed by atoms with van der Waals surface area (Å²) in [4.78, 5) is 0. The Morgan fingerprint density at radius 3 is 2.68 bits per heavy atom. The van der Waals surface area contributed by atoms with Gasteiger partial charge in [0.05, 0.1) is 0 Å². The van der Waals surface area contributed by atoms with Gasteiger partial charge in [-0.15, -0.1) is 0 Å². The molecule has 1 aromatic carbocycles. The van der Waals surface area contributed by atoms with Crippen LogP contribution in [0, 0.1) is 11.7 Å². The maximum absolute atomic E-state index is 12.7. The highest BCUT2D eigenvalue weighted by molar-refractivity contribution is 7.87. The fraction of sp³-hybridized carbons (Fsp3) is 0.538. The van der Waals surface area contributed by atoms with Crippen LogP contribution in [0.1, 0.15) is 25.3 Å². The van der Waals surface area contributed by atoms with Crippen LogP contribution in [-0.4, -0.2) is 25.8 Å². The van der Waals surface area contributed by atoms with Crippen molar-refractivity contribution in [1.82, 2.24) is 9.03 Å². The second-order valence-corrected chi connectivity index (χ2v) is 6.81. The van der Waals surface area contributed by atoms with Crippen molar-refractivity contribution in [3.8, 4) is 0 Å². The van der Waals surface area contributed by atoms with Crippen molar-refractivity contribution >= 4 is 10.2 Å². The topological polar surface area (TPSA) is 49.4 Å². The molecule has 1 atom stereocenters. The third-order valence-electron chi connectivity index (χ3n) is 3.33. The Kier molecular flexibility index (Phi) is 4.54. The average molecular weight is 286 g/mol. The molecule has 6 heteroatoms. The minimum atomic E-state index is -3.43. The summed E-state index contributed by atoms with van der Waals surface area (Å²) >= 11 is 0. The Hall–Kier alpha value is -0.980. The Labute approximate surface area is 113 Å². The first-order chi connectivity index (χ1) is 8.97. The first-order valence-electron chi connectivity index (χ1n) is 6.46. The molecule has 0 bridgehead atoms. The molecule has 106 valence electrons. The van der Waals surface area contributed by atoms with Gasteiger partial charge in [0, 0.05) is 19.6 Å². The van der Waals surface area contributed by atoms with Gasteiger partial charge in [0.1, 0.15) is 5.82 Å². The molecule has 0 spiro atoms. The van der Waals surface area contributed by atoms with Gasteiger partial charge in [-0.3, -0.25) is 0 Å². The minimum absolute atomic E-state index is 0.188. The maximum Gasteiger partial charge on any atom is 0.279 e. The van der Waals surface area contributed by atoms with Crippen molar-refractivity contribution in [3.05, 3.63) is 35.6 Å². The zero-order valence-electron chi connectivity index (χ0n) is 11.0. The summed E-state index contributed by atoms with van der Waals surface area (Å²) < 4.78 is 41.0. The highest BCUT2D eigenvalue weighted by atomic mass is 32.2. The lowest BCUT2D eigenvalue weighted by Crippen LogP contribution is -2.45. The lowest BCUT2D eigenvalue weighted by molar-refractivity contribution is 0.278. The molecular weight excluding hydrogens is 267 g/mol. The van der Waals surface area contributed by atoms with E-state index in [9.17, 15) is 12.8 Å². The standard InChI is InChI=1S/C13H19FN2O2S/c1-11-3-2-8-16(10-11)19(17,18)15-9-12-4-6-13(14)7-5-12/h4-7,11,15H,2-3,8-10H2,1H3/t11-/m1/s1. The van der Waals surface area contributed by atoms with E-state index in [0.717, 1.165) is 18.4 Å². The molecule has 1 aliphatic heterocycles. The van der Waals surface area contributed by atoms with Crippen molar-refractivity contribution < 1.29 is 12.8 Å². The Morgan fingerprint density at radius 2 is 2.05 bits per heavy atom. The van der Waals surface area contributed by atoms with Crippen LogP contribution in [0.15, 0.2) is 24.3 Å². The molecule has 1 fully saturated rings. The summed E-state index contributed by atoms with van der Waals surface area (Å²) in [5.41, 5.74) is 0.745. The van der Waals surface area contributed by atoms with E-state index in [-0.39, 0.29) is 12.4 Å². The van der Waals surface area contributed by atoms with Gasteiger partial charge >= 0.3 is 0 Å². The number of piperidine rings is 1. The van der Waals surface area contributed by atoms with Gasteiger partial charge in [-0.2, -0.15) is 17.4 Å². The van der Waals surface area contributed by atoms with Crippen LogP contribution in [-0.2, 0) is 16.8 Å². The monoisotopic (exact) mass is 286 g/mol. The average Bonchev–Trinajstić information content (AvgIpc) is 2.38. The van der Waals surface area contributed by atoms with Gasteiger partial charge in [-0.1, -0.05) is 19.1 Å². The number of rotatable bonds is 4. The summed E-state index contributed by atoms with van der Waals surface area (Å²) in [5, 5.41) is 0. The molecular formula is C13H19FN2O2S. The number of halogens is 1. The van der Waals surface area contributed by atoms with E-state index in [1.807, 2.05) is 0 Å². The third kappa shape index (κ3) is 3.99. The second kappa shape index (κ2) is 5.98. The lowest BCUT2D eigenvalue weighted by Gasteiger charge is -2.29. The molecule has 1 heterocycles. The van der Waals surface area contributed by atoms with Crippen LogP contribution in [0.2, 0.25) is 0 Å². The molecule has 0 saturated carbocycles. The van der Waals surface area contributed by atoms with Crippen molar-refractivity contribution in [1.29, 1.82) is 0 Å². The van der Waals surface area contributed by atoms with E-state index in [2.05, 4.69) is 11.6 Å². The van der Waals surface area contributed by atoms with E-state index in [4.69, 9.17) is 0 Å². The second-order valence-electron chi connectivity index (χ2n) is 5.06. The Morgan fingerprint density at radius 1 is 1.37 bits per heavy atom. The highest BCUT2D eigenvalue weighted by Crippen LogP contribution is 2.17. The predicted molar refractivity (Wildman–Crippen MR) is 72.1 cm³/mol. The zero-order chi connectivity index (χ0) is 13.9. The van der Waals surface area contributed by atoms with Crippen molar-refractivity contribution in [2.45, 2.75) is 26.3 Å². The molecule has 1 N–H and O–H groups in total. The van der Waals surface area contributed by atoms with Crippen molar-refractivity contribution in [2.75, 3.05) is 13.1 Å². The van der Waals surface area contributed by atoms with Crippen LogP contribution in [0.5, 0.6) is 0 Å². The Bertz CT molecular complexity index is 516. The molecule has 2 rings (SSSR count). The summed E-state index contributed by atoms with van der Waals surface area (Å²) in [7, 11) is -3.43. The number of hydrogen-bond acceptors (Lipinski definition) is 2. The minimum Gasteiger partial charge on any atom is -0.207 e.